The molecule has 1 atom stereocenters. The quantitative estimate of drug-likeness (QED) is 0.362. The highest BCUT2D eigenvalue weighted by Crippen LogP contribution is 2.32. The Morgan fingerprint density at radius 3 is 2.38 bits per heavy atom. The predicted octanol–water partition coefficient (Wildman–Crippen LogP) is 6.15. The molecule has 1 heterocycles. The van der Waals surface area contributed by atoms with Crippen molar-refractivity contribution in [2.24, 2.45) is 0 Å². The van der Waals surface area contributed by atoms with E-state index in [2.05, 4.69) is 10.3 Å². The molecule has 0 bridgehead atoms. The van der Waals surface area contributed by atoms with Gasteiger partial charge in [-0.15, -0.1) is 11.3 Å². The van der Waals surface area contributed by atoms with Crippen LogP contribution in [0.15, 0.2) is 66.7 Å². The number of hydrogen-bond donors (Lipinski definition) is 1. The van der Waals surface area contributed by atoms with Gasteiger partial charge in [0.2, 0.25) is 0 Å². The molecule has 4 aromatic rings. The Labute approximate surface area is 191 Å². The average molecular weight is 445 g/mol. The van der Waals surface area contributed by atoms with Crippen LogP contribution >= 0.6 is 11.3 Å². The van der Waals surface area contributed by atoms with Crippen LogP contribution in [0.5, 0.6) is 0 Å². The summed E-state index contributed by atoms with van der Waals surface area (Å²) < 4.78 is 6.71. The van der Waals surface area contributed by atoms with Gasteiger partial charge in [0, 0.05) is 11.3 Å². The fourth-order valence-corrected chi connectivity index (χ4v) is 4.57. The fraction of sp³-hybridized carbons (Fsp3) is 0.192. The van der Waals surface area contributed by atoms with E-state index in [0.29, 0.717) is 17.5 Å². The highest BCUT2D eigenvalue weighted by molar-refractivity contribution is 7.21. The molecule has 1 amide bonds. The number of aryl methyl sites for hydroxylation is 2. The first-order valence-electron chi connectivity index (χ1n) is 10.5. The van der Waals surface area contributed by atoms with Crippen LogP contribution in [0, 0.1) is 13.8 Å². The summed E-state index contributed by atoms with van der Waals surface area (Å²) in [6.45, 7) is 5.69. The SMILES string of the molecule is CCC(OC(=O)c1ccccc1-c1nc2ccccc2s1)C(=O)Nc1c(C)cccc1C. The van der Waals surface area contributed by atoms with Crippen LogP contribution in [0.1, 0.15) is 34.8 Å². The Morgan fingerprint density at radius 1 is 0.969 bits per heavy atom. The summed E-state index contributed by atoms with van der Waals surface area (Å²) in [5.74, 6) is -0.876. The number of nitrogens with zero attached hydrogens (tertiary/aromatic N) is 1. The van der Waals surface area contributed by atoms with E-state index in [0.717, 1.165) is 32.0 Å². The van der Waals surface area contributed by atoms with Crippen molar-refractivity contribution in [2.45, 2.75) is 33.3 Å². The van der Waals surface area contributed by atoms with Crippen LogP contribution < -0.4 is 5.32 Å². The van der Waals surface area contributed by atoms with Gasteiger partial charge < -0.3 is 10.1 Å². The van der Waals surface area contributed by atoms with Gasteiger partial charge in [-0.25, -0.2) is 9.78 Å². The third-order valence-electron chi connectivity index (χ3n) is 5.31. The van der Waals surface area contributed by atoms with E-state index in [1.54, 1.807) is 12.1 Å². The van der Waals surface area contributed by atoms with Gasteiger partial charge in [-0.1, -0.05) is 55.5 Å². The van der Waals surface area contributed by atoms with Gasteiger partial charge in [-0.3, -0.25) is 4.79 Å². The van der Waals surface area contributed by atoms with E-state index in [1.165, 1.54) is 11.3 Å². The molecule has 0 saturated heterocycles. The number of ether oxygens (including phenoxy) is 1. The highest BCUT2D eigenvalue weighted by atomic mass is 32.1. The Balaban J connectivity index is 1.57. The molecule has 0 saturated carbocycles. The van der Waals surface area contributed by atoms with Gasteiger partial charge in [-0.2, -0.15) is 0 Å². The number of amides is 1. The second kappa shape index (κ2) is 9.32. The minimum absolute atomic E-state index is 0.337. The van der Waals surface area contributed by atoms with E-state index in [-0.39, 0.29) is 5.91 Å². The maximum atomic E-state index is 13.1. The molecule has 1 unspecified atom stereocenters. The summed E-state index contributed by atoms with van der Waals surface area (Å²) in [5, 5.41) is 3.67. The number of anilines is 1. The number of nitrogens with one attached hydrogen (secondary N) is 1. The van der Waals surface area contributed by atoms with Gasteiger partial charge in [-0.05, 0) is 49.6 Å². The van der Waals surface area contributed by atoms with Crippen LogP contribution in [-0.2, 0) is 9.53 Å². The summed E-state index contributed by atoms with van der Waals surface area (Å²) in [7, 11) is 0. The Bertz CT molecular complexity index is 1240. The van der Waals surface area contributed by atoms with Crippen molar-refractivity contribution >= 4 is 39.1 Å². The highest BCUT2D eigenvalue weighted by Gasteiger charge is 2.25. The van der Waals surface area contributed by atoms with Gasteiger partial charge in [0.1, 0.15) is 5.01 Å². The number of aromatic nitrogens is 1. The first-order chi connectivity index (χ1) is 15.5. The van der Waals surface area contributed by atoms with Crippen molar-refractivity contribution in [3.63, 3.8) is 0 Å². The molecule has 1 N–H and O–H groups in total. The van der Waals surface area contributed by atoms with Crippen molar-refractivity contribution in [3.8, 4) is 10.6 Å². The van der Waals surface area contributed by atoms with E-state index >= 15 is 0 Å². The first kappa shape index (κ1) is 21.7. The van der Waals surface area contributed by atoms with Crippen molar-refractivity contribution in [3.05, 3.63) is 83.4 Å². The van der Waals surface area contributed by atoms with Gasteiger partial charge in [0.25, 0.3) is 5.91 Å². The largest absolute Gasteiger partial charge is 0.449 e. The maximum absolute atomic E-state index is 13.1. The normalized spacial score (nSPS) is 11.8. The summed E-state index contributed by atoms with van der Waals surface area (Å²) in [4.78, 5) is 30.6. The zero-order valence-corrected chi connectivity index (χ0v) is 19.0. The lowest BCUT2D eigenvalue weighted by molar-refractivity contribution is -0.124. The summed E-state index contributed by atoms with van der Waals surface area (Å²) >= 11 is 1.52. The number of hydrogen-bond acceptors (Lipinski definition) is 5. The third-order valence-corrected chi connectivity index (χ3v) is 6.38. The lowest BCUT2D eigenvalue weighted by Gasteiger charge is -2.18. The number of thiazole rings is 1. The zero-order valence-electron chi connectivity index (χ0n) is 18.2. The molecule has 0 aliphatic carbocycles. The summed E-state index contributed by atoms with van der Waals surface area (Å²) in [6, 6.07) is 20.9. The molecule has 0 aliphatic heterocycles. The lowest BCUT2D eigenvalue weighted by Crippen LogP contribution is -2.32. The second-order valence-corrected chi connectivity index (χ2v) is 8.62. The van der Waals surface area contributed by atoms with Crippen LogP contribution in [0.25, 0.3) is 20.8 Å². The standard InChI is InChI=1S/C26H24N2O3S/c1-4-21(24(29)28-23-16(2)10-9-11-17(23)3)31-26(30)19-13-6-5-12-18(19)25-27-20-14-7-8-15-22(20)32-25/h5-15,21H,4H2,1-3H3,(H,28,29). The number of carbonyl (C=O) groups excluding carboxylic acids is 2. The van der Waals surface area contributed by atoms with Gasteiger partial charge >= 0.3 is 5.97 Å². The molecular weight excluding hydrogens is 420 g/mol. The maximum Gasteiger partial charge on any atom is 0.339 e. The predicted molar refractivity (Wildman–Crippen MR) is 129 cm³/mol. The number of para-hydroxylation sites is 2. The smallest absolute Gasteiger partial charge is 0.339 e. The molecule has 1 aromatic heterocycles. The van der Waals surface area contributed by atoms with Crippen molar-refractivity contribution in [1.29, 1.82) is 0 Å². The van der Waals surface area contributed by atoms with E-state index < -0.39 is 12.1 Å². The molecule has 6 heteroatoms. The molecular formula is C26H24N2O3S. The second-order valence-electron chi connectivity index (χ2n) is 7.59. The number of fused-ring (bicyclic) bond motifs is 1. The molecule has 162 valence electrons. The molecule has 4 rings (SSSR count). The Morgan fingerprint density at radius 2 is 1.66 bits per heavy atom. The summed E-state index contributed by atoms with van der Waals surface area (Å²) in [5.41, 5.74) is 4.65. The van der Waals surface area contributed by atoms with E-state index in [9.17, 15) is 9.59 Å². The number of esters is 1. The molecule has 0 spiro atoms. The van der Waals surface area contributed by atoms with Gasteiger partial charge in [0.05, 0.1) is 15.8 Å². The van der Waals surface area contributed by atoms with E-state index in [1.807, 2.05) is 75.4 Å². The molecule has 0 aliphatic rings. The van der Waals surface area contributed by atoms with Crippen molar-refractivity contribution in [1.82, 2.24) is 4.98 Å². The Kier molecular flexibility index (Phi) is 6.32. The van der Waals surface area contributed by atoms with Crippen LogP contribution in [0.4, 0.5) is 5.69 Å². The Hall–Kier alpha value is -3.51. The van der Waals surface area contributed by atoms with Crippen LogP contribution in [0.3, 0.4) is 0 Å². The van der Waals surface area contributed by atoms with Gasteiger partial charge in [0.15, 0.2) is 6.10 Å². The molecule has 3 aromatic carbocycles. The molecule has 5 nitrogen and oxygen atoms in total. The first-order valence-corrected chi connectivity index (χ1v) is 11.3. The molecule has 32 heavy (non-hydrogen) atoms. The van der Waals surface area contributed by atoms with E-state index in [4.69, 9.17) is 4.74 Å². The molecule has 0 radical (unpaired) electrons. The lowest BCUT2D eigenvalue weighted by atomic mass is 10.1. The third kappa shape index (κ3) is 4.41. The van der Waals surface area contributed by atoms with Crippen LogP contribution in [-0.4, -0.2) is 23.0 Å². The van der Waals surface area contributed by atoms with Crippen molar-refractivity contribution in [2.75, 3.05) is 5.32 Å². The fourth-order valence-electron chi connectivity index (χ4n) is 3.57. The summed E-state index contributed by atoms with van der Waals surface area (Å²) in [6.07, 6.45) is -0.531. The zero-order chi connectivity index (χ0) is 22.7. The van der Waals surface area contributed by atoms with Crippen LogP contribution in [0.2, 0.25) is 0 Å². The number of carbonyl (C=O) groups is 2. The monoisotopic (exact) mass is 444 g/mol. The minimum atomic E-state index is -0.898. The molecule has 0 fully saturated rings. The average Bonchev–Trinajstić information content (AvgIpc) is 3.24. The topological polar surface area (TPSA) is 68.3 Å². The number of rotatable bonds is 6. The minimum Gasteiger partial charge on any atom is -0.449 e. The number of benzene rings is 3. The van der Waals surface area contributed by atoms with Crippen molar-refractivity contribution < 1.29 is 14.3 Å².